The Morgan fingerprint density at radius 2 is 1.86 bits per heavy atom. The number of carbonyl (C=O) groups excluding carboxylic acids is 1. The normalized spacial score (nSPS) is 14.5. The molecule has 2 nitrogen and oxygen atoms in total. The second-order valence-electron chi connectivity index (χ2n) is 6.02. The molecule has 0 bridgehead atoms. The van der Waals surface area contributed by atoms with Crippen molar-refractivity contribution in [2.45, 2.75) is 72.3 Å². The van der Waals surface area contributed by atoms with Crippen molar-refractivity contribution in [3.8, 4) is 0 Å². The average molecular weight is 292 g/mol. The number of aliphatic hydroxyl groups excluding tert-OH is 1. The molecule has 2 heteroatoms. The molecule has 0 aliphatic carbocycles. The minimum absolute atomic E-state index is 0.156. The zero-order chi connectivity index (χ0) is 16.1. The summed E-state index contributed by atoms with van der Waals surface area (Å²) in [6, 6.07) is 0. The maximum atomic E-state index is 11.6. The van der Waals surface area contributed by atoms with E-state index in [1.165, 1.54) is 12.0 Å². The van der Waals surface area contributed by atoms with Gasteiger partial charge in [0.05, 0.1) is 6.10 Å². The summed E-state index contributed by atoms with van der Waals surface area (Å²) in [5.41, 5.74) is 1.40. The zero-order valence-corrected chi connectivity index (χ0v) is 14.1. The van der Waals surface area contributed by atoms with Crippen molar-refractivity contribution in [1.82, 2.24) is 0 Å². The molecule has 1 N–H and O–H groups in total. The lowest BCUT2D eigenvalue weighted by Crippen LogP contribution is -2.19. The van der Waals surface area contributed by atoms with Gasteiger partial charge in [0.15, 0.2) is 0 Å². The number of rotatable bonds is 11. The number of hydrogen-bond donors (Lipinski definition) is 1. The number of ketones is 1. The van der Waals surface area contributed by atoms with Gasteiger partial charge in [-0.2, -0.15) is 0 Å². The van der Waals surface area contributed by atoms with Crippen LogP contribution in [0.3, 0.4) is 0 Å². The molecule has 0 spiro atoms. The van der Waals surface area contributed by atoms with Crippen LogP contribution in [0.25, 0.3) is 0 Å². The van der Waals surface area contributed by atoms with Gasteiger partial charge in [-0.05, 0) is 32.1 Å². The van der Waals surface area contributed by atoms with Gasteiger partial charge in [-0.1, -0.05) is 63.1 Å². The van der Waals surface area contributed by atoms with Gasteiger partial charge in [0, 0.05) is 12.8 Å². The third-order valence-corrected chi connectivity index (χ3v) is 3.42. The predicted molar refractivity (Wildman–Crippen MR) is 91.3 cm³/mol. The molecule has 0 amide bonds. The van der Waals surface area contributed by atoms with Gasteiger partial charge in [0.25, 0.3) is 0 Å². The van der Waals surface area contributed by atoms with Gasteiger partial charge in [-0.3, -0.25) is 4.79 Å². The van der Waals surface area contributed by atoms with E-state index in [-0.39, 0.29) is 11.7 Å². The first-order valence-corrected chi connectivity index (χ1v) is 8.16. The molecular weight excluding hydrogens is 260 g/mol. The maximum absolute atomic E-state index is 11.6. The van der Waals surface area contributed by atoms with Crippen LogP contribution in [-0.4, -0.2) is 17.0 Å². The molecule has 21 heavy (non-hydrogen) atoms. The largest absolute Gasteiger partial charge is 0.392 e. The Bertz CT molecular complexity index is 362. The third kappa shape index (κ3) is 12.3. The fourth-order valence-electron chi connectivity index (χ4n) is 1.92. The molecule has 1 unspecified atom stereocenters. The highest BCUT2D eigenvalue weighted by Crippen LogP contribution is 2.09. The summed E-state index contributed by atoms with van der Waals surface area (Å²) >= 11 is 0. The number of aliphatic hydroxyl groups is 1. The van der Waals surface area contributed by atoms with E-state index in [2.05, 4.69) is 32.1 Å². The van der Waals surface area contributed by atoms with Crippen LogP contribution in [0.15, 0.2) is 36.0 Å². The van der Waals surface area contributed by atoms with Crippen LogP contribution >= 0.6 is 0 Å². The topological polar surface area (TPSA) is 37.3 Å². The number of Topliss-reactive ketones (excluding diaryl/α,β-unsaturated/α-hetero) is 1. The Kier molecular flexibility index (Phi) is 11.9. The van der Waals surface area contributed by atoms with Crippen molar-refractivity contribution in [2.75, 3.05) is 0 Å². The minimum Gasteiger partial charge on any atom is -0.392 e. The predicted octanol–water partition coefficient (Wildman–Crippen LogP) is 4.99. The Morgan fingerprint density at radius 1 is 1.14 bits per heavy atom. The molecule has 120 valence electrons. The average Bonchev–Trinajstić information content (AvgIpc) is 2.41. The first-order valence-electron chi connectivity index (χ1n) is 8.16. The number of unbranched alkanes of at least 4 members (excludes halogenated alkanes) is 1. The summed E-state index contributed by atoms with van der Waals surface area (Å²) < 4.78 is 0. The van der Waals surface area contributed by atoms with E-state index in [0.29, 0.717) is 12.8 Å². The van der Waals surface area contributed by atoms with Gasteiger partial charge in [0.2, 0.25) is 0 Å². The summed E-state index contributed by atoms with van der Waals surface area (Å²) in [5, 5.41) is 9.63. The van der Waals surface area contributed by atoms with Crippen molar-refractivity contribution in [1.29, 1.82) is 0 Å². The Labute approximate surface area is 130 Å². The van der Waals surface area contributed by atoms with Crippen LogP contribution in [0, 0.1) is 5.92 Å². The standard InChI is InChI=1S/C19H32O2/c1-5-12-17(4)13-10-8-6-7-9-11-14-18(20)15-19(21)16(2)3/h6-8,10,13,16,19,21H,5,9,11-12,14-15H2,1-4H3/b7-6+,10-8+,17-13+. The molecule has 0 aromatic carbocycles. The Hall–Kier alpha value is -1.15. The van der Waals surface area contributed by atoms with Crippen LogP contribution in [0.4, 0.5) is 0 Å². The number of carbonyl (C=O) groups is 1. The number of hydrogen-bond acceptors (Lipinski definition) is 2. The van der Waals surface area contributed by atoms with Crippen LogP contribution < -0.4 is 0 Å². The van der Waals surface area contributed by atoms with Crippen molar-refractivity contribution < 1.29 is 9.90 Å². The summed E-state index contributed by atoms with van der Waals surface area (Å²) in [6.45, 7) is 8.20. The first-order chi connectivity index (χ1) is 9.97. The van der Waals surface area contributed by atoms with Crippen molar-refractivity contribution in [3.05, 3.63) is 36.0 Å². The molecule has 0 aliphatic rings. The molecule has 0 aromatic rings. The molecular formula is C19H32O2. The fourth-order valence-corrected chi connectivity index (χ4v) is 1.92. The van der Waals surface area contributed by atoms with Gasteiger partial charge in [-0.15, -0.1) is 0 Å². The van der Waals surface area contributed by atoms with E-state index in [1.54, 1.807) is 0 Å². The quantitative estimate of drug-likeness (QED) is 0.430. The van der Waals surface area contributed by atoms with Gasteiger partial charge in [-0.25, -0.2) is 0 Å². The molecule has 0 heterocycles. The highest BCUT2D eigenvalue weighted by molar-refractivity contribution is 5.78. The van der Waals surface area contributed by atoms with Gasteiger partial charge in [0.1, 0.15) is 5.78 Å². The van der Waals surface area contributed by atoms with Crippen LogP contribution in [0.2, 0.25) is 0 Å². The summed E-state index contributed by atoms with van der Waals surface area (Å²) in [5.74, 6) is 0.321. The van der Waals surface area contributed by atoms with Crippen LogP contribution in [0.1, 0.15) is 66.2 Å². The van der Waals surface area contributed by atoms with Crippen LogP contribution in [0.5, 0.6) is 0 Å². The SMILES string of the molecule is CCC/C(C)=C/C=C/C=C/CCCC(=O)CC(O)C(C)C. The molecule has 1 atom stereocenters. The van der Waals surface area contributed by atoms with Crippen molar-refractivity contribution >= 4 is 5.78 Å². The molecule has 0 saturated heterocycles. The molecule has 0 aliphatic heterocycles. The smallest absolute Gasteiger partial charge is 0.135 e. The molecule has 0 aromatic heterocycles. The van der Waals surface area contributed by atoms with E-state index in [0.717, 1.165) is 19.3 Å². The highest BCUT2D eigenvalue weighted by atomic mass is 16.3. The van der Waals surface area contributed by atoms with E-state index in [4.69, 9.17) is 0 Å². The molecule has 0 radical (unpaired) electrons. The lowest BCUT2D eigenvalue weighted by Gasteiger charge is -2.12. The molecule has 0 rings (SSSR count). The second kappa shape index (κ2) is 12.6. The van der Waals surface area contributed by atoms with E-state index < -0.39 is 6.10 Å². The van der Waals surface area contributed by atoms with Crippen LogP contribution in [-0.2, 0) is 4.79 Å². The van der Waals surface area contributed by atoms with E-state index in [1.807, 2.05) is 26.0 Å². The second-order valence-corrected chi connectivity index (χ2v) is 6.02. The third-order valence-electron chi connectivity index (χ3n) is 3.42. The van der Waals surface area contributed by atoms with Crippen molar-refractivity contribution in [3.63, 3.8) is 0 Å². The molecule has 0 saturated carbocycles. The lowest BCUT2D eigenvalue weighted by atomic mass is 9.99. The summed E-state index contributed by atoms with van der Waals surface area (Å²) in [7, 11) is 0. The van der Waals surface area contributed by atoms with Crippen molar-refractivity contribution in [2.24, 2.45) is 5.92 Å². The minimum atomic E-state index is -0.492. The molecule has 0 fully saturated rings. The van der Waals surface area contributed by atoms with E-state index >= 15 is 0 Å². The zero-order valence-electron chi connectivity index (χ0n) is 14.1. The number of allylic oxidation sites excluding steroid dienone is 6. The van der Waals surface area contributed by atoms with E-state index in [9.17, 15) is 9.90 Å². The Morgan fingerprint density at radius 3 is 2.48 bits per heavy atom. The van der Waals surface area contributed by atoms with Gasteiger partial charge >= 0.3 is 0 Å². The maximum Gasteiger partial charge on any atom is 0.135 e. The summed E-state index contributed by atoms with van der Waals surface area (Å²) in [6.07, 6.45) is 14.8. The van der Waals surface area contributed by atoms with Gasteiger partial charge < -0.3 is 5.11 Å². The summed E-state index contributed by atoms with van der Waals surface area (Å²) in [4.78, 5) is 11.6. The monoisotopic (exact) mass is 292 g/mol. The first kappa shape index (κ1) is 19.9. The Balaban J connectivity index is 3.75. The highest BCUT2D eigenvalue weighted by Gasteiger charge is 2.13. The fraction of sp³-hybridized carbons (Fsp3) is 0.632. The lowest BCUT2D eigenvalue weighted by molar-refractivity contribution is -0.121.